The Balaban J connectivity index is 0.00000147. The number of rotatable bonds is 2. The van der Waals surface area contributed by atoms with Crippen molar-refractivity contribution >= 4 is 0 Å². The van der Waals surface area contributed by atoms with Gasteiger partial charge in [-0.2, -0.15) is 4.68 Å². The first kappa shape index (κ1) is 14.1. The number of hydrogen-bond acceptors (Lipinski definition) is 0. The van der Waals surface area contributed by atoms with Crippen molar-refractivity contribution in [1.29, 1.82) is 0 Å². The summed E-state index contributed by atoms with van der Waals surface area (Å²) >= 11 is 0. The van der Waals surface area contributed by atoms with Crippen LogP contribution in [0.25, 0.3) is 22.5 Å². The van der Waals surface area contributed by atoms with Crippen LogP contribution < -0.4 is 4.68 Å². The van der Waals surface area contributed by atoms with Crippen molar-refractivity contribution in [1.82, 2.24) is 4.68 Å². The van der Waals surface area contributed by atoms with E-state index in [0.29, 0.717) is 0 Å². The second-order valence-electron chi connectivity index (χ2n) is 4.69. The summed E-state index contributed by atoms with van der Waals surface area (Å²) in [6.07, 6.45) is 0. The molecule has 2 aromatic carbocycles. The highest BCUT2D eigenvalue weighted by Crippen LogP contribution is 2.23. The summed E-state index contributed by atoms with van der Waals surface area (Å²) in [7, 11) is 4.18. The quantitative estimate of drug-likeness (QED) is 0.623. The molecule has 0 fully saturated rings. The van der Waals surface area contributed by atoms with Crippen LogP contribution in [0.4, 0.5) is 0 Å². The summed E-state index contributed by atoms with van der Waals surface area (Å²) in [6, 6.07) is 23.2. The van der Waals surface area contributed by atoms with Crippen LogP contribution in [0.2, 0.25) is 0 Å². The van der Waals surface area contributed by atoms with E-state index in [-0.39, 0.29) is 7.43 Å². The first-order chi connectivity index (χ1) is 9.27. The van der Waals surface area contributed by atoms with E-state index in [4.69, 9.17) is 0 Å². The van der Waals surface area contributed by atoms with E-state index < -0.39 is 0 Å². The van der Waals surface area contributed by atoms with E-state index in [2.05, 4.69) is 78.1 Å². The van der Waals surface area contributed by atoms with Gasteiger partial charge >= 0.3 is 0 Å². The monoisotopic (exact) mass is 265 g/mol. The summed E-state index contributed by atoms with van der Waals surface area (Å²) in [5, 5.41) is 0. The molecule has 0 unspecified atom stereocenters. The van der Waals surface area contributed by atoms with E-state index in [9.17, 15) is 0 Å². The maximum Gasteiger partial charge on any atom is 0.238 e. The molecule has 0 amide bonds. The average molecular weight is 265 g/mol. The van der Waals surface area contributed by atoms with Crippen LogP contribution in [0.15, 0.2) is 66.7 Å². The molecule has 1 heterocycles. The molecule has 0 aliphatic carbocycles. The van der Waals surface area contributed by atoms with Gasteiger partial charge in [0.05, 0.1) is 7.05 Å². The lowest BCUT2D eigenvalue weighted by atomic mass is 10.1. The van der Waals surface area contributed by atoms with Gasteiger partial charge < -0.3 is 0 Å². The molecular formula is C18H21N2+. The van der Waals surface area contributed by atoms with Gasteiger partial charge in [0, 0.05) is 17.2 Å². The molecule has 0 spiro atoms. The largest absolute Gasteiger partial charge is 0.238 e. The lowest BCUT2D eigenvalue weighted by molar-refractivity contribution is -0.740. The molecule has 2 heteroatoms. The second kappa shape index (κ2) is 5.74. The van der Waals surface area contributed by atoms with Gasteiger partial charge in [-0.1, -0.05) is 56.0 Å². The predicted molar refractivity (Wildman–Crippen MR) is 84.2 cm³/mol. The fourth-order valence-electron chi connectivity index (χ4n) is 2.40. The first-order valence-corrected chi connectivity index (χ1v) is 6.44. The van der Waals surface area contributed by atoms with Crippen LogP contribution in [0.3, 0.4) is 0 Å². The van der Waals surface area contributed by atoms with E-state index in [1.807, 2.05) is 12.1 Å². The Morgan fingerprint density at radius 1 is 0.800 bits per heavy atom. The molecule has 20 heavy (non-hydrogen) atoms. The molecule has 3 rings (SSSR count). The van der Waals surface area contributed by atoms with Crippen molar-refractivity contribution in [2.75, 3.05) is 0 Å². The SMILES string of the molecule is C.Cn1c(-c2ccccc2)cc(-c2ccccc2)[n+]1C. The van der Waals surface area contributed by atoms with Crippen LogP contribution in [0.1, 0.15) is 7.43 Å². The molecule has 0 saturated heterocycles. The van der Waals surface area contributed by atoms with Crippen LogP contribution in [-0.4, -0.2) is 4.68 Å². The molecule has 102 valence electrons. The van der Waals surface area contributed by atoms with Gasteiger partial charge in [0.1, 0.15) is 5.69 Å². The summed E-state index contributed by atoms with van der Waals surface area (Å²) in [5.41, 5.74) is 4.93. The summed E-state index contributed by atoms with van der Waals surface area (Å²) < 4.78 is 4.36. The van der Waals surface area contributed by atoms with Crippen LogP contribution in [0.5, 0.6) is 0 Å². The Labute approximate surface area is 120 Å². The van der Waals surface area contributed by atoms with Crippen LogP contribution >= 0.6 is 0 Å². The molecule has 0 aliphatic rings. The van der Waals surface area contributed by atoms with E-state index >= 15 is 0 Å². The zero-order chi connectivity index (χ0) is 13.2. The highest BCUT2D eigenvalue weighted by Gasteiger charge is 2.19. The molecule has 0 radical (unpaired) electrons. The molecule has 0 bridgehead atoms. The van der Waals surface area contributed by atoms with Gasteiger partial charge in [-0.3, -0.25) is 0 Å². The Morgan fingerprint density at radius 3 is 1.85 bits per heavy atom. The third kappa shape index (κ3) is 2.37. The Kier molecular flexibility index (Phi) is 4.04. The van der Waals surface area contributed by atoms with Crippen molar-refractivity contribution in [2.45, 2.75) is 7.43 Å². The van der Waals surface area contributed by atoms with Gasteiger partial charge in [-0.25, -0.2) is 0 Å². The average Bonchev–Trinajstić information content (AvgIpc) is 2.77. The van der Waals surface area contributed by atoms with Crippen molar-refractivity contribution in [2.24, 2.45) is 14.1 Å². The molecule has 0 N–H and O–H groups in total. The van der Waals surface area contributed by atoms with E-state index in [1.165, 1.54) is 22.5 Å². The molecule has 2 nitrogen and oxygen atoms in total. The molecular weight excluding hydrogens is 244 g/mol. The molecule has 0 atom stereocenters. The lowest BCUT2D eigenvalue weighted by Gasteiger charge is -1.99. The highest BCUT2D eigenvalue weighted by molar-refractivity contribution is 5.66. The minimum absolute atomic E-state index is 0. The Bertz CT molecular complexity index is 622. The summed E-state index contributed by atoms with van der Waals surface area (Å²) in [6.45, 7) is 0. The molecule has 0 aliphatic heterocycles. The van der Waals surface area contributed by atoms with Crippen molar-refractivity contribution in [3.8, 4) is 22.5 Å². The maximum absolute atomic E-state index is 2.24. The number of hydrogen-bond donors (Lipinski definition) is 0. The van der Waals surface area contributed by atoms with Gasteiger partial charge in [0.2, 0.25) is 5.69 Å². The predicted octanol–water partition coefficient (Wildman–Crippen LogP) is 3.82. The Hall–Kier alpha value is -2.35. The number of nitrogens with zero attached hydrogens (tertiary/aromatic N) is 2. The second-order valence-corrected chi connectivity index (χ2v) is 4.69. The fourth-order valence-corrected chi connectivity index (χ4v) is 2.40. The maximum atomic E-state index is 2.24. The van der Waals surface area contributed by atoms with Gasteiger partial charge in [0.15, 0.2) is 7.05 Å². The third-order valence-electron chi connectivity index (χ3n) is 3.56. The molecule has 1 aromatic heterocycles. The topological polar surface area (TPSA) is 8.81 Å². The minimum Gasteiger partial charge on any atom is -0.156 e. The standard InChI is InChI=1S/C17H17N2.CH4/c1-18-16(14-9-5-3-6-10-14)13-17(19(18)2)15-11-7-4-8-12-15;/h3-13H,1-2H3;1H4/q+1;. The normalized spacial score (nSPS) is 10.1. The molecule has 0 saturated carbocycles. The van der Waals surface area contributed by atoms with Crippen molar-refractivity contribution in [3.63, 3.8) is 0 Å². The van der Waals surface area contributed by atoms with Crippen LogP contribution in [0, 0.1) is 0 Å². The third-order valence-corrected chi connectivity index (χ3v) is 3.56. The van der Waals surface area contributed by atoms with E-state index in [1.54, 1.807) is 0 Å². The van der Waals surface area contributed by atoms with Crippen molar-refractivity contribution in [3.05, 3.63) is 66.7 Å². The smallest absolute Gasteiger partial charge is 0.156 e. The first-order valence-electron chi connectivity index (χ1n) is 6.44. The van der Waals surface area contributed by atoms with Crippen LogP contribution in [-0.2, 0) is 14.1 Å². The zero-order valence-corrected chi connectivity index (χ0v) is 11.2. The Morgan fingerprint density at radius 2 is 1.30 bits per heavy atom. The number of benzene rings is 2. The van der Waals surface area contributed by atoms with Gasteiger partial charge in [-0.05, 0) is 12.1 Å². The lowest BCUT2D eigenvalue weighted by Crippen LogP contribution is -2.39. The van der Waals surface area contributed by atoms with Gasteiger partial charge in [-0.15, -0.1) is 4.68 Å². The van der Waals surface area contributed by atoms with Gasteiger partial charge in [0.25, 0.3) is 0 Å². The minimum atomic E-state index is 0. The fraction of sp³-hybridized carbons (Fsp3) is 0.167. The molecule has 3 aromatic rings. The zero-order valence-electron chi connectivity index (χ0n) is 11.2. The highest BCUT2D eigenvalue weighted by atomic mass is 15.4. The van der Waals surface area contributed by atoms with E-state index in [0.717, 1.165) is 0 Å². The van der Waals surface area contributed by atoms with Crippen molar-refractivity contribution < 1.29 is 4.68 Å². The number of aromatic nitrogens is 2. The summed E-state index contributed by atoms with van der Waals surface area (Å²) in [5.74, 6) is 0. The summed E-state index contributed by atoms with van der Waals surface area (Å²) in [4.78, 5) is 0.